The van der Waals surface area contributed by atoms with Crippen LogP contribution in [-0.2, 0) is 9.09 Å². The lowest BCUT2D eigenvalue weighted by atomic mass is 9.89. The van der Waals surface area contributed by atoms with Crippen LogP contribution in [0.3, 0.4) is 0 Å². The average Bonchev–Trinajstić information content (AvgIpc) is 1.82. The van der Waals surface area contributed by atoms with E-state index in [4.69, 9.17) is 14.3 Å². The second-order valence-corrected chi connectivity index (χ2v) is 5.04. The van der Waals surface area contributed by atoms with Gasteiger partial charge in [0.15, 0.2) is 0 Å². The van der Waals surface area contributed by atoms with Gasteiger partial charge in [0.1, 0.15) is 0 Å². The molecule has 0 bridgehead atoms. The van der Waals surface area contributed by atoms with E-state index >= 15 is 0 Å². The maximum atomic E-state index is 10.6. The van der Waals surface area contributed by atoms with Crippen LogP contribution >= 0.6 is 7.82 Å². The molecule has 80 valence electrons. The first-order valence-corrected chi connectivity index (χ1v) is 5.98. The maximum absolute atomic E-state index is 10.6. The molecule has 0 saturated carbocycles. The van der Waals surface area contributed by atoms with Gasteiger partial charge in [-0.2, -0.15) is 0 Å². The van der Waals surface area contributed by atoms with Gasteiger partial charge in [0.2, 0.25) is 0 Å². The third-order valence-electron chi connectivity index (χ3n) is 2.26. The van der Waals surface area contributed by atoms with E-state index < -0.39 is 13.4 Å². The molecule has 0 rings (SSSR count). The summed E-state index contributed by atoms with van der Waals surface area (Å²) in [5.74, 6) is 0.130. The van der Waals surface area contributed by atoms with Crippen LogP contribution in [0.2, 0.25) is 0 Å². The van der Waals surface area contributed by atoms with Crippen molar-refractivity contribution in [3.63, 3.8) is 0 Å². The first kappa shape index (κ1) is 13.1. The third kappa shape index (κ3) is 5.42. The van der Waals surface area contributed by atoms with E-state index in [0.717, 1.165) is 12.8 Å². The SMILES string of the molecule is CCCC(C)C(C)(C)OP(=O)(O)O. The minimum atomic E-state index is -4.36. The fourth-order valence-electron chi connectivity index (χ4n) is 1.18. The summed E-state index contributed by atoms with van der Waals surface area (Å²) in [4.78, 5) is 17.3. The Balaban J connectivity index is 4.30. The van der Waals surface area contributed by atoms with Crippen LogP contribution in [0.1, 0.15) is 40.5 Å². The largest absolute Gasteiger partial charge is 0.470 e. The molecule has 13 heavy (non-hydrogen) atoms. The van der Waals surface area contributed by atoms with E-state index in [1.165, 1.54) is 0 Å². The van der Waals surface area contributed by atoms with E-state index in [2.05, 4.69) is 0 Å². The van der Waals surface area contributed by atoms with E-state index in [0.29, 0.717) is 0 Å². The van der Waals surface area contributed by atoms with Crippen molar-refractivity contribution < 1.29 is 18.9 Å². The summed E-state index contributed by atoms with van der Waals surface area (Å²) in [6.07, 6.45) is 1.88. The maximum Gasteiger partial charge on any atom is 0.470 e. The van der Waals surface area contributed by atoms with Gasteiger partial charge in [0, 0.05) is 0 Å². The van der Waals surface area contributed by atoms with Crippen LogP contribution in [0.25, 0.3) is 0 Å². The van der Waals surface area contributed by atoms with Crippen molar-refractivity contribution in [3.8, 4) is 0 Å². The van der Waals surface area contributed by atoms with Crippen molar-refractivity contribution in [1.82, 2.24) is 0 Å². The van der Waals surface area contributed by atoms with Gasteiger partial charge in [-0.15, -0.1) is 0 Å². The van der Waals surface area contributed by atoms with Gasteiger partial charge in [-0.3, -0.25) is 4.52 Å². The highest BCUT2D eigenvalue weighted by Crippen LogP contribution is 2.44. The summed E-state index contributed by atoms with van der Waals surface area (Å²) >= 11 is 0. The average molecular weight is 210 g/mol. The van der Waals surface area contributed by atoms with Crippen molar-refractivity contribution in [2.75, 3.05) is 0 Å². The zero-order chi connectivity index (χ0) is 10.7. The Bertz CT molecular complexity index is 196. The highest BCUT2D eigenvalue weighted by molar-refractivity contribution is 7.46. The Hall–Kier alpha value is 0.110. The molecule has 0 heterocycles. The van der Waals surface area contributed by atoms with E-state index in [9.17, 15) is 4.57 Å². The molecular weight excluding hydrogens is 191 g/mol. The van der Waals surface area contributed by atoms with Crippen molar-refractivity contribution in [1.29, 1.82) is 0 Å². The van der Waals surface area contributed by atoms with Crippen LogP contribution < -0.4 is 0 Å². The van der Waals surface area contributed by atoms with Crippen molar-refractivity contribution >= 4 is 7.82 Å². The number of rotatable bonds is 5. The molecule has 0 fully saturated rings. The Morgan fingerprint density at radius 1 is 1.46 bits per heavy atom. The zero-order valence-corrected chi connectivity index (χ0v) is 9.54. The monoisotopic (exact) mass is 210 g/mol. The van der Waals surface area contributed by atoms with Gasteiger partial charge in [-0.05, 0) is 26.2 Å². The quantitative estimate of drug-likeness (QED) is 0.683. The van der Waals surface area contributed by atoms with E-state index in [-0.39, 0.29) is 5.92 Å². The zero-order valence-electron chi connectivity index (χ0n) is 8.65. The summed E-state index contributed by atoms with van der Waals surface area (Å²) in [6, 6.07) is 0. The summed E-state index contributed by atoms with van der Waals surface area (Å²) < 4.78 is 15.3. The highest BCUT2D eigenvalue weighted by atomic mass is 31.2. The van der Waals surface area contributed by atoms with Crippen LogP contribution in [0, 0.1) is 5.92 Å². The first-order chi connectivity index (χ1) is 5.69. The molecule has 0 aliphatic rings. The van der Waals surface area contributed by atoms with Gasteiger partial charge in [-0.25, -0.2) is 4.57 Å². The molecule has 0 aromatic carbocycles. The molecule has 0 radical (unpaired) electrons. The molecule has 0 aromatic rings. The summed E-state index contributed by atoms with van der Waals surface area (Å²) in [5.41, 5.74) is -0.769. The molecule has 0 aromatic heterocycles. The molecule has 1 atom stereocenters. The van der Waals surface area contributed by atoms with E-state index in [1.807, 2.05) is 13.8 Å². The van der Waals surface area contributed by atoms with Gasteiger partial charge in [0.05, 0.1) is 5.60 Å². The standard InChI is InChI=1S/C8H19O4P/c1-5-6-7(2)8(3,4)12-13(9,10)11/h7H,5-6H2,1-4H3,(H2,9,10,11). The fourth-order valence-corrected chi connectivity index (χ4v) is 1.97. The summed E-state index contributed by atoms with van der Waals surface area (Å²) in [6.45, 7) is 7.36. The predicted octanol–water partition coefficient (Wildman–Crippen LogP) is 2.31. The molecular formula is C8H19O4P. The van der Waals surface area contributed by atoms with Gasteiger partial charge < -0.3 is 9.79 Å². The molecule has 4 nitrogen and oxygen atoms in total. The van der Waals surface area contributed by atoms with Crippen molar-refractivity contribution in [2.24, 2.45) is 5.92 Å². The van der Waals surface area contributed by atoms with Crippen LogP contribution in [-0.4, -0.2) is 15.4 Å². The second-order valence-electron chi connectivity index (χ2n) is 3.88. The Kier molecular flexibility index (Phi) is 4.60. The lowest BCUT2D eigenvalue weighted by Crippen LogP contribution is -2.31. The fraction of sp³-hybridized carbons (Fsp3) is 1.00. The molecule has 0 saturated heterocycles. The highest BCUT2D eigenvalue weighted by Gasteiger charge is 2.33. The molecule has 0 aliphatic heterocycles. The van der Waals surface area contributed by atoms with Crippen LogP contribution in [0.5, 0.6) is 0 Å². The van der Waals surface area contributed by atoms with Crippen LogP contribution in [0.4, 0.5) is 0 Å². The second kappa shape index (κ2) is 4.56. The lowest BCUT2D eigenvalue weighted by molar-refractivity contribution is 0.0174. The van der Waals surface area contributed by atoms with Crippen molar-refractivity contribution in [2.45, 2.75) is 46.1 Å². The number of phosphoric acid groups is 1. The topological polar surface area (TPSA) is 66.8 Å². The normalized spacial score (nSPS) is 15.8. The predicted molar refractivity (Wildman–Crippen MR) is 51.3 cm³/mol. The van der Waals surface area contributed by atoms with Crippen molar-refractivity contribution in [3.05, 3.63) is 0 Å². The lowest BCUT2D eigenvalue weighted by Gasteiger charge is -2.31. The Morgan fingerprint density at radius 2 is 1.92 bits per heavy atom. The van der Waals surface area contributed by atoms with Crippen LogP contribution in [0.15, 0.2) is 0 Å². The number of phosphoric ester groups is 1. The summed E-state index contributed by atoms with van der Waals surface area (Å²) in [5, 5.41) is 0. The van der Waals surface area contributed by atoms with Gasteiger partial charge in [0.25, 0.3) is 0 Å². The molecule has 2 N–H and O–H groups in total. The van der Waals surface area contributed by atoms with Gasteiger partial charge >= 0.3 is 7.82 Å². The minimum absolute atomic E-state index is 0.130. The Morgan fingerprint density at radius 3 is 2.23 bits per heavy atom. The molecule has 0 aliphatic carbocycles. The minimum Gasteiger partial charge on any atom is -0.303 e. The number of hydrogen-bond donors (Lipinski definition) is 2. The molecule has 0 amide bonds. The third-order valence-corrected chi connectivity index (χ3v) is 2.97. The molecule has 1 unspecified atom stereocenters. The van der Waals surface area contributed by atoms with Gasteiger partial charge in [-0.1, -0.05) is 20.3 Å². The molecule has 5 heteroatoms. The molecule has 0 spiro atoms. The first-order valence-electron chi connectivity index (χ1n) is 4.45. The number of hydrogen-bond acceptors (Lipinski definition) is 2. The van der Waals surface area contributed by atoms with E-state index in [1.54, 1.807) is 13.8 Å². The Labute approximate surface area is 79.5 Å². The smallest absolute Gasteiger partial charge is 0.303 e. The summed E-state index contributed by atoms with van der Waals surface area (Å²) in [7, 11) is -4.36.